The Labute approximate surface area is 130 Å². The van der Waals surface area contributed by atoms with Crippen molar-refractivity contribution in [1.29, 1.82) is 0 Å². The van der Waals surface area contributed by atoms with E-state index in [2.05, 4.69) is 16.0 Å². The second kappa shape index (κ2) is 7.79. The first-order chi connectivity index (χ1) is 10.6. The molecule has 0 radical (unpaired) electrons. The van der Waals surface area contributed by atoms with Crippen LogP contribution in [0.4, 0.5) is 5.69 Å². The van der Waals surface area contributed by atoms with E-state index in [1.54, 1.807) is 25.2 Å². The molecule has 1 aromatic carbocycles. The monoisotopic (exact) mass is 305 g/mol. The second-order valence-corrected chi connectivity index (χ2v) is 5.44. The predicted molar refractivity (Wildman–Crippen MR) is 85.2 cm³/mol. The van der Waals surface area contributed by atoms with Crippen LogP contribution in [0, 0.1) is 5.92 Å². The molecule has 120 valence electrons. The average molecular weight is 305 g/mol. The van der Waals surface area contributed by atoms with Crippen molar-refractivity contribution in [2.24, 2.45) is 5.92 Å². The zero-order valence-electron chi connectivity index (χ0n) is 13.1. The lowest BCUT2D eigenvalue weighted by atomic mass is 10.0. The Morgan fingerprint density at radius 1 is 1.41 bits per heavy atom. The maximum atomic E-state index is 12.1. The molecule has 1 aromatic rings. The number of ether oxygens (including phenoxy) is 1. The van der Waals surface area contributed by atoms with Crippen LogP contribution in [0.5, 0.6) is 5.75 Å². The highest BCUT2D eigenvalue weighted by Crippen LogP contribution is 2.26. The van der Waals surface area contributed by atoms with Gasteiger partial charge in [-0.1, -0.05) is 0 Å². The maximum Gasteiger partial charge on any atom is 0.251 e. The summed E-state index contributed by atoms with van der Waals surface area (Å²) in [6, 6.07) is 4.98. The highest BCUT2D eigenvalue weighted by Gasteiger charge is 2.17. The average Bonchev–Trinajstić information content (AvgIpc) is 3.05. The van der Waals surface area contributed by atoms with Gasteiger partial charge >= 0.3 is 0 Å². The minimum atomic E-state index is -0.199. The fourth-order valence-corrected chi connectivity index (χ4v) is 2.60. The van der Waals surface area contributed by atoms with E-state index < -0.39 is 0 Å². The van der Waals surface area contributed by atoms with Gasteiger partial charge in [-0.05, 0) is 50.0 Å². The molecule has 22 heavy (non-hydrogen) atoms. The molecule has 2 amide bonds. The minimum absolute atomic E-state index is 0.0562. The molecule has 2 rings (SSSR count). The normalized spacial score (nSPS) is 17.1. The molecule has 3 N–H and O–H groups in total. The van der Waals surface area contributed by atoms with Gasteiger partial charge in [-0.15, -0.1) is 0 Å². The van der Waals surface area contributed by atoms with Crippen LogP contribution in [0.1, 0.15) is 29.6 Å². The molecule has 0 saturated carbocycles. The maximum absolute atomic E-state index is 12.1. The molecule has 0 spiro atoms. The topological polar surface area (TPSA) is 79.5 Å². The highest BCUT2D eigenvalue weighted by atomic mass is 16.5. The van der Waals surface area contributed by atoms with E-state index in [-0.39, 0.29) is 11.8 Å². The molecular formula is C16H23N3O3. The first kappa shape index (κ1) is 16.3. The molecule has 0 aliphatic carbocycles. The van der Waals surface area contributed by atoms with E-state index in [0.717, 1.165) is 25.9 Å². The number of anilines is 1. The number of amides is 2. The molecule has 1 atom stereocenters. The first-order valence-electron chi connectivity index (χ1n) is 7.54. The summed E-state index contributed by atoms with van der Waals surface area (Å²) in [5, 5.41) is 8.70. The molecular weight excluding hydrogens is 282 g/mol. The van der Waals surface area contributed by atoms with Crippen molar-refractivity contribution in [1.82, 2.24) is 10.6 Å². The first-order valence-corrected chi connectivity index (χ1v) is 7.54. The third kappa shape index (κ3) is 4.21. The van der Waals surface area contributed by atoms with E-state index in [4.69, 9.17) is 4.74 Å². The standard InChI is InChI=1S/C16H23N3O3/c1-17-16(21)12-4-5-14(22-2)13(9-12)19-15(20)6-3-11-7-8-18-10-11/h4-5,9,11,18H,3,6-8,10H2,1-2H3,(H,17,21)(H,19,20). The predicted octanol–water partition coefficient (Wildman–Crippen LogP) is 1.38. The van der Waals surface area contributed by atoms with Crippen LogP contribution < -0.4 is 20.7 Å². The van der Waals surface area contributed by atoms with Crippen molar-refractivity contribution in [3.05, 3.63) is 23.8 Å². The molecule has 6 heteroatoms. The fourth-order valence-electron chi connectivity index (χ4n) is 2.60. The van der Waals surface area contributed by atoms with E-state index in [1.165, 1.54) is 7.11 Å². The third-order valence-electron chi connectivity index (χ3n) is 3.90. The van der Waals surface area contributed by atoms with Gasteiger partial charge in [0.05, 0.1) is 12.8 Å². The van der Waals surface area contributed by atoms with Gasteiger partial charge in [0.2, 0.25) is 5.91 Å². The molecule has 1 heterocycles. The number of benzene rings is 1. The minimum Gasteiger partial charge on any atom is -0.495 e. The van der Waals surface area contributed by atoms with Crippen LogP contribution in [0.3, 0.4) is 0 Å². The van der Waals surface area contributed by atoms with Gasteiger partial charge in [-0.3, -0.25) is 9.59 Å². The van der Waals surface area contributed by atoms with Crippen molar-refractivity contribution < 1.29 is 14.3 Å². The van der Waals surface area contributed by atoms with Crippen LogP contribution in [-0.4, -0.2) is 39.1 Å². The van der Waals surface area contributed by atoms with Gasteiger partial charge < -0.3 is 20.7 Å². The molecule has 1 unspecified atom stereocenters. The Morgan fingerprint density at radius 3 is 2.86 bits per heavy atom. The molecule has 0 aromatic heterocycles. The van der Waals surface area contributed by atoms with Crippen molar-refractivity contribution in [2.75, 3.05) is 32.6 Å². The van der Waals surface area contributed by atoms with Gasteiger partial charge in [0, 0.05) is 19.0 Å². The zero-order chi connectivity index (χ0) is 15.9. The summed E-state index contributed by atoms with van der Waals surface area (Å²) in [4.78, 5) is 23.8. The van der Waals surface area contributed by atoms with Crippen LogP contribution in [0.25, 0.3) is 0 Å². The van der Waals surface area contributed by atoms with Crippen molar-refractivity contribution in [2.45, 2.75) is 19.3 Å². The lowest BCUT2D eigenvalue weighted by Gasteiger charge is -2.13. The number of carbonyl (C=O) groups excluding carboxylic acids is 2. The summed E-state index contributed by atoms with van der Waals surface area (Å²) >= 11 is 0. The van der Waals surface area contributed by atoms with E-state index in [9.17, 15) is 9.59 Å². The van der Waals surface area contributed by atoms with E-state index in [0.29, 0.717) is 29.3 Å². The Balaban J connectivity index is 1.99. The lowest BCUT2D eigenvalue weighted by Crippen LogP contribution is -2.19. The smallest absolute Gasteiger partial charge is 0.251 e. The van der Waals surface area contributed by atoms with Gasteiger partial charge in [0.15, 0.2) is 0 Å². The molecule has 1 aliphatic heterocycles. The summed E-state index contributed by atoms with van der Waals surface area (Å²) in [7, 11) is 3.11. The SMILES string of the molecule is CNC(=O)c1ccc(OC)c(NC(=O)CCC2CCNC2)c1. The molecule has 1 saturated heterocycles. The number of carbonyl (C=O) groups is 2. The molecule has 1 fully saturated rings. The van der Waals surface area contributed by atoms with Crippen LogP contribution in [0.15, 0.2) is 18.2 Å². The van der Waals surface area contributed by atoms with Gasteiger partial charge in [-0.25, -0.2) is 0 Å². The van der Waals surface area contributed by atoms with Gasteiger partial charge in [0.1, 0.15) is 5.75 Å². The Morgan fingerprint density at radius 2 is 2.23 bits per heavy atom. The highest BCUT2D eigenvalue weighted by molar-refractivity contribution is 5.98. The number of methoxy groups -OCH3 is 1. The molecule has 1 aliphatic rings. The van der Waals surface area contributed by atoms with Crippen molar-refractivity contribution >= 4 is 17.5 Å². The Hall–Kier alpha value is -2.08. The van der Waals surface area contributed by atoms with Crippen molar-refractivity contribution in [3.63, 3.8) is 0 Å². The summed E-state index contributed by atoms with van der Waals surface area (Å²) in [5.74, 6) is 0.864. The summed E-state index contributed by atoms with van der Waals surface area (Å²) in [5.41, 5.74) is 1.01. The summed E-state index contributed by atoms with van der Waals surface area (Å²) < 4.78 is 5.24. The third-order valence-corrected chi connectivity index (χ3v) is 3.90. The van der Waals surface area contributed by atoms with Gasteiger partial charge in [-0.2, -0.15) is 0 Å². The largest absolute Gasteiger partial charge is 0.495 e. The van der Waals surface area contributed by atoms with Crippen molar-refractivity contribution in [3.8, 4) is 5.75 Å². The van der Waals surface area contributed by atoms with Crippen LogP contribution >= 0.6 is 0 Å². The number of rotatable bonds is 6. The second-order valence-electron chi connectivity index (χ2n) is 5.44. The van der Waals surface area contributed by atoms with Crippen LogP contribution in [-0.2, 0) is 4.79 Å². The summed E-state index contributed by atoms with van der Waals surface area (Å²) in [6.45, 7) is 2.02. The molecule has 6 nitrogen and oxygen atoms in total. The Kier molecular flexibility index (Phi) is 5.77. The van der Waals surface area contributed by atoms with E-state index in [1.807, 2.05) is 0 Å². The number of hydrogen-bond acceptors (Lipinski definition) is 4. The van der Waals surface area contributed by atoms with Crippen LogP contribution in [0.2, 0.25) is 0 Å². The van der Waals surface area contributed by atoms with Gasteiger partial charge in [0.25, 0.3) is 5.91 Å². The number of hydrogen-bond donors (Lipinski definition) is 3. The van der Waals surface area contributed by atoms with E-state index >= 15 is 0 Å². The molecule has 0 bridgehead atoms. The zero-order valence-corrected chi connectivity index (χ0v) is 13.1. The fraction of sp³-hybridized carbons (Fsp3) is 0.500. The summed E-state index contributed by atoms with van der Waals surface area (Å²) in [6.07, 6.45) is 2.47. The lowest BCUT2D eigenvalue weighted by molar-refractivity contribution is -0.116. The Bertz CT molecular complexity index is 539. The quantitative estimate of drug-likeness (QED) is 0.742. The number of nitrogens with one attached hydrogen (secondary N) is 3.